The predicted octanol–water partition coefficient (Wildman–Crippen LogP) is 6.45. The molecule has 146 valence electrons. The lowest BCUT2D eigenvalue weighted by Crippen LogP contribution is -2.44. The van der Waals surface area contributed by atoms with Gasteiger partial charge in [0.05, 0.1) is 12.6 Å². The molecule has 26 heavy (non-hydrogen) atoms. The van der Waals surface area contributed by atoms with Crippen molar-refractivity contribution in [1.82, 2.24) is 4.90 Å². The van der Waals surface area contributed by atoms with Crippen LogP contribution in [-0.4, -0.2) is 31.7 Å². The van der Waals surface area contributed by atoms with Gasteiger partial charge in [-0.25, -0.2) is 0 Å². The molecule has 2 nitrogen and oxygen atoms in total. The highest BCUT2D eigenvalue weighted by atomic mass is 35.5. The molecule has 0 amide bonds. The van der Waals surface area contributed by atoms with Crippen LogP contribution >= 0.6 is 11.6 Å². The van der Waals surface area contributed by atoms with E-state index in [2.05, 4.69) is 88.8 Å². The van der Waals surface area contributed by atoms with E-state index in [1.54, 1.807) is 0 Å². The zero-order chi connectivity index (χ0) is 19.8. The van der Waals surface area contributed by atoms with Crippen molar-refractivity contribution in [2.24, 2.45) is 5.92 Å². The van der Waals surface area contributed by atoms with Crippen molar-refractivity contribution in [1.29, 1.82) is 0 Å². The highest BCUT2D eigenvalue weighted by Crippen LogP contribution is 2.36. The molecule has 0 N–H and O–H groups in total. The second kappa shape index (κ2) is 10.3. The average Bonchev–Trinajstić information content (AvgIpc) is 2.59. The number of allylic oxidation sites excluding steroid dienone is 1. The summed E-state index contributed by atoms with van der Waals surface area (Å²) >= 11 is 5.97. The third kappa shape index (κ3) is 7.30. The zero-order valence-corrected chi connectivity index (χ0v) is 19.1. The topological polar surface area (TPSA) is 12.5 Å². The molecule has 0 aliphatic rings. The van der Waals surface area contributed by atoms with Crippen molar-refractivity contribution < 1.29 is 4.43 Å². The van der Waals surface area contributed by atoms with Crippen LogP contribution in [0.1, 0.15) is 33.3 Å². The summed E-state index contributed by atoms with van der Waals surface area (Å²) < 4.78 is 6.46. The molecule has 4 heteroatoms. The highest BCUT2D eigenvalue weighted by molar-refractivity contribution is 6.74. The zero-order valence-electron chi connectivity index (χ0n) is 17.3. The Morgan fingerprint density at radius 1 is 1.23 bits per heavy atom. The van der Waals surface area contributed by atoms with E-state index in [1.807, 2.05) is 12.1 Å². The minimum Gasteiger partial charge on any atom is -0.414 e. The lowest BCUT2D eigenvalue weighted by molar-refractivity contribution is 0.191. The van der Waals surface area contributed by atoms with Crippen molar-refractivity contribution in [2.45, 2.75) is 58.4 Å². The molecule has 2 atom stereocenters. The number of alkyl halides is 1. The van der Waals surface area contributed by atoms with Crippen molar-refractivity contribution in [3.63, 3.8) is 0 Å². The Bertz CT molecular complexity index is 565. The number of hydrogen-bond donors (Lipinski definition) is 0. The summed E-state index contributed by atoms with van der Waals surface area (Å²) in [4.78, 5) is 2.30. The third-order valence-electron chi connectivity index (χ3n) is 5.18. The van der Waals surface area contributed by atoms with Gasteiger partial charge < -0.3 is 9.33 Å². The van der Waals surface area contributed by atoms with Crippen LogP contribution in [0.3, 0.4) is 0 Å². The summed E-state index contributed by atoms with van der Waals surface area (Å²) in [6.45, 7) is 19.1. The van der Waals surface area contributed by atoms with Gasteiger partial charge in [0, 0.05) is 12.4 Å². The van der Waals surface area contributed by atoms with Gasteiger partial charge in [0.2, 0.25) is 0 Å². The normalized spacial score (nSPS) is 15.0. The van der Waals surface area contributed by atoms with Gasteiger partial charge in [-0.3, -0.25) is 0 Å². The Kier molecular flexibility index (Phi) is 9.15. The molecule has 0 saturated carbocycles. The number of halogens is 1. The quantitative estimate of drug-likeness (QED) is 0.257. The Balaban J connectivity index is 2.93. The predicted molar refractivity (Wildman–Crippen MR) is 118 cm³/mol. The first-order chi connectivity index (χ1) is 12.1. The van der Waals surface area contributed by atoms with Gasteiger partial charge in [0.15, 0.2) is 8.32 Å². The van der Waals surface area contributed by atoms with E-state index in [9.17, 15) is 0 Å². The largest absolute Gasteiger partial charge is 0.414 e. The smallest absolute Gasteiger partial charge is 0.192 e. The second-order valence-corrected chi connectivity index (χ2v) is 13.6. The first kappa shape index (κ1) is 23.0. The van der Waals surface area contributed by atoms with E-state index in [1.165, 1.54) is 5.56 Å². The van der Waals surface area contributed by atoms with Crippen LogP contribution in [-0.2, 0) is 11.0 Å². The van der Waals surface area contributed by atoms with E-state index in [-0.39, 0.29) is 11.1 Å². The molecule has 0 aromatic heterocycles. The SMILES string of the molecule is C=C[C@@H](CO[Si](C)(C)C(C)(C)C)N(/C=C/C(C)CCl)Cc1ccccc1. The fraction of sp³-hybridized carbons (Fsp3) is 0.545. The summed E-state index contributed by atoms with van der Waals surface area (Å²) in [5.74, 6) is 0.955. The maximum absolute atomic E-state index is 6.46. The average molecular weight is 394 g/mol. The van der Waals surface area contributed by atoms with Crippen LogP contribution in [0.4, 0.5) is 0 Å². The Hall–Kier alpha value is -1.03. The van der Waals surface area contributed by atoms with Crippen LogP contribution < -0.4 is 0 Å². The van der Waals surface area contributed by atoms with E-state index >= 15 is 0 Å². The molecule has 0 aliphatic heterocycles. The fourth-order valence-electron chi connectivity index (χ4n) is 2.19. The first-order valence-corrected chi connectivity index (χ1v) is 12.9. The molecule has 1 aromatic rings. The van der Waals surface area contributed by atoms with E-state index < -0.39 is 8.32 Å². The molecule has 1 aromatic carbocycles. The molecule has 0 spiro atoms. The minimum atomic E-state index is -1.79. The van der Waals surface area contributed by atoms with Crippen LogP contribution in [0.5, 0.6) is 0 Å². The minimum absolute atomic E-state index is 0.128. The lowest BCUT2D eigenvalue weighted by atomic mass is 10.1. The first-order valence-electron chi connectivity index (χ1n) is 9.41. The number of hydrogen-bond acceptors (Lipinski definition) is 2. The van der Waals surface area contributed by atoms with Crippen molar-refractivity contribution in [3.05, 3.63) is 60.8 Å². The monoisotopic (exact) mass is 393 g/mol. The number of benzene rings is 1. The standard InChI is InChI=1S/C22H36ClNOSi/c1-8-21(18-25-26(6,7)22(3,4)5)24(15-14-19(2)16-23)17-20-12-10-9-11-13-20/h8-15,19,21H,1,16-18H2,2-7H3/b15-14+/t19?,21-/m0/s1. The van der Waals surface area contributed by atoms with Gasteiger partial charge in [-0.05, 0) is 35.8 Å². The van der Waals surface area contributed by atoms with Gasteiger partial charge in [0.1, 0.15) is 0 Å². The molecule has 0 radical (unpaired) electrons. The highest BCUT2D eigenvalue weighted by Gasteiger charge is 2.37. The molecule has 0 heterocycles. The van der Waals surface area contributed by atoms with Crippen LogP contribution in [0.25, 0.3) is 0 Å². The van der Waals surface area contributed by atoms with Gasteiger partial charge in [-0.1, -0.05) is 70.2 Å². The Morgan fingerprint density at radius 3 is 2.35 bits per heavy atom. The lowest BCUT2D eigenvalue weighted by Gasteiger charge is -2.38. The summed E-state index contributed by atoms with van der Waals surface area (Å²) in [6.07, 6.45) is 6.31. The molecule has 0 saturated heterocycles. The molecule has 1 rings (SSSR count). The van der Waals surface area contributed by atoms with Crippen LogP contribution in [0.2, 0.25) is 18.1 Å². The van der Waals surface area contributed by atoms with Crippen LogP contribution in [0, 0.1) is 5.92 Å². The molecule has 1 unspecified atom stereocenters. The maximum Gasteiger partial charge on any atom is 0.192 e. The van der Waals surface area contributed by atoms with E-state index in [4.69, 9.17) is 16.0 Å². The maximum atomic E-state index is 6.46. The van der Waals surface area contributed by atoms with Crippen molar-refractivity contribution in [2.75, 3.05) is 12.5 Å². The van der Waals surface area contributed by atoms with Crippen LogP contribution in [0.15, 0.2) is 55.3 Å². The summed E-state index contributed by atoms with van der Waals surface area (Å²) in [5.41, 5.74) is 1.27. The molecule has 0 bridgehead atoms. The molecule has 0 aliphatic carbocycles. The molecule has 0 fully saturated rings. The summed E-state index contributed by atoms with van der Waals surface area (Å²) in [5, 5.41) is 0.200. The van der Waals surface area contributed by atoms with E-state index in [0.717, 1.165) is 6.54 Å². The number of nitrogens with zero attached hydrogens (tertiary/aromatic N) is 1. The number of rotatable bonds is 10. The molecular formula is C22H36ClNOSi. The summed E-state index contributed by atoms with van der Waals surface area (Å²) in [6, 6.07) is 10.6. The van der Waals surface area contributed by atoms with Crippen molar-refractivity contribution >= 4 is 19.9 Å². The third-order valence-corrected chi connectivity index (χ3v) is 10.2. The van der Waals surface area contributed by atoms with Gasteiger partial charge in [0.25, 0.3) is 0 Å². The summed E-state index contributed by atoms with van der Waals surface area (Å²) in [7, 11) is -1.79. The molecular weight excluding hydrogens is 358 g/mol. The van der Waals surface area contributed by atoms with E-state index in [0.29, 0.717) is 18.4 Å². The second-order valence-electron chi connectivity index (χ2n) is 8.51. The fourth-order valence-corrected chi connectivity index (χ4v) is 3.32. The Morgan fingerprint density at radius 2 is 1.85 bits per heavy atom. The van der Waals surface area contributed by atoms with Gasteiger partial charge >= 0.3 is 0 Å². The Labute approximate surface area is 167 Å². The van der Waals surface area contributed by atoms with Gasteiger partial charge in [-0.2, -0.15) is 0 Å². The van der Waals surface area contributed by atoms with Gasteiger partial charge in [-0.15, -0.1) is 18.2 Å². The van der Waals surface area contributed by atoms with Crippen molar-refractivity contribution in [3.8, 4) is 0 Å².